The lowest BCUT2D eigenvalue weighted by Crippen LogP contribution is -2.04. The molecule has 4 nitrogen and oxygen atoms in total. The molecule has 0 saturated heterocycles. The number of aryl methyl sites for hydroxylation is 1. The third-order valence-electron chi connectivity index (χ3n) is 4.87. The summed E-state index contributed by atoms with van der Waals surface area (Å²) in [6.45, 7) is 5.67. The van der Waals surface area contributed by atoms with Crippen molar-refractivity contribution in [1.29, 1.82) is 0 Å². The minimum Gasteiger partial charge on any atom is -0.487 e. The van der Waals surface area contributed by atoms with E-state index in [-0.39, 0.29) is 19.1 Å². The van der Waals surface area contributed by atoms with Gasteiger partial charge < -0.3 is 14.3 Å². The molecule has 158 valence electrons. The quantitative estimate of drug-likeness (QED) is 0.532. The number of rotatable bonds is 6. The molecule has 0 unspecified atom stereocenters. The van der Waals surface area contributed by atoms with Crippen LogP contribution in [-0.2, 0) is 12.8 Å². The van der Waals surface area contributed by atoms with Gasteiger partial charge in [0.25, 0.3) is 0 Å². The Morgan fingerprint density at radius 2 is 1.80 bits per heavy atom. The van der Waals surface area contributed by atoms with Gasteiger partial charge in [-0.25, -0.2) is 4.98 Å². The predicted molar refractivity (Wildman–Crippen MR) is 108 cm³/mol. The molecule has 0 aliphatic heterocycles. The maximum absolute atomic E-state index is 12.7. The molecule has 1 aromatic heterocycles. The number of aliphatic hydroxyl groups excluding tert-OH is 1. The van der Waals surface area contributed by atoms with Crippen LogP contribution in [0.5, 0.6) is 5.75 Å². The SMILES string of the molecule is CC(CO)=C(C)c1cccc(OCc2nc(-c3ccc(C(F)(F)F)cc3)oc2C)c1. The van der Waals surface area contributed by atoms with Crippen LogP contribution in [0.2, 0.25) is 0 Å². The fourth-order valence-electron chi connectivity index (χ4n) is 2.82. The summed E-state index contributed by atoms with van der Waals surface area (Å²) in [5.74, 6) is 1.41. The van der Waals surface area contributed by atoms with Crippen LogP contribution in [0.15, 0.2) is 58.5 Å². The predicted octanol–water partition coefficient (Wildman–Crippen LogP) is 6.03. The van der Waals surface area contributed by atoms with Gasteiger partial charge in [0.1, 0.15) is 23.8 Å². The Bertz CT molecular complexity index is 1050. The maximum atomic E-state index is 12.7. The molecular formula is C23H22F3NO3. The molecule has 0 fully saturated rings. The standard InChI is InChI=1S/C23H22F3NO3/c1-14(12-28)15(2)18-5-4-6-20(11-18)29-13-21-16(3)30-22(27-21)17-7-9-19(10-8-17)23(24,25)26/h4-11,28H,12-13H2,1-3H3. The fraction of sp³-hybridized carbons (Fsp3) is 0.261. The number of nitrogens with zero attached hydrogens (tertiary/aromatic N) is 1. The summed E-state index contributed by atoms with van der Waals surface area (Å²) in [5, 5.41) is 9.31. The van der Waals surface area contributed by atoms with E-state index in [0.717, 1.165) is 28.8 Å². The highest BCUT2D eigenvalue weighted by atomic mass is 19.4. The molecule has 0 bridgehead atoms. The maximum Gasteiger partial charge on any atom is 0.416 e. The summed E-state index contributed by atoms with van der Waals surface area (Å²) in [5.41, 5.74) is 3.10. The molecule has 7 heteroatoms. The highest BCUT2D eigenvalue weighted by Gasteiger charge is 2.30. The minimum atomic E-state index is -4.39. The Labute approximate surface area is 172 Å². The van der Waals surface area contributed by atoms with E-state index in [1.807, 2.05) is 38.1 Å². The molecule has 0 atom stereocenters. The van der Waals surface area contributed by atoms with Gasteiger partial charge in [-0.2, -0.15) is 13.2 Å². The molecule has 0 saturated carbocycles. The highest BCUT2D eigenvalue weighted by Crippen LogP contribution is 2.31. The number of halogens is 3. The van der Waals surface area contributed by atoms with E-state index in [9.17, 15) is 18.3 Å². The number of ether oxygens (including phenoxy) is 1. The van der Waals surface area contributed by atoms with Crippen LogP contribution in [0.3, 0.4) is 0 Å². The lowest BCUT2D eigenvalue weighted by atomic mass is 10.0. The zero-order valence-electron chi connectivity index (χ0n) is 16.9. The van der Waals surface area contributed by atoms with Crippen molar-refractivity contribution in [2.45, 2.75) is 33.6 Å². The van der Waals surface area contributed by atoms with Crippen molar-refractivity contribution < 1.29 is 27.4 Å². The van der Waals surface area contributed by atoms with Crippen LogP contribution in [0.4, 0.5) is 13.2 Å². The second kappa shape index (κ2) is 8.75. The number of aliphatic hydroxyl groups is 1. The summed E-state index contributed by atoms with van der Waals surface area (Å²) in [4.78, 5) is 4.37. The van der Waals surface area contributed by atoms with E-state index in [2.05, 4.69) is 4.98 Å². The minimum absolute atomic E-state index is 0.0121. The van der Waals surface area contributed by atoms with Crippen molar-refractivity contribution in [3.63, 3.8) is 0 Å². The number of oxazole rings is 1. The molecule has 0 amide bonds. The Morgan fingerprint density at radius 3 is 2.43 bits per heavy atom. The van der Waals surface area contributed by atoms with Gasteiger partial charge in [-0.1, -0.05) is 12.1 Å². The third-order valence-corrected chi connectivity index (χ3v) is 4.87. The molecular weight excluding hydrogens is 395 g/mol. The smallest absolute Gasteiger partial charge is 0.416 e. The van der Waals surface area contributed by atoms with Gasteiger partial charge in [0.2, 0.25) is 5.89 Å². The molecule has 30 heavy (non-hydrogen) atoms. The van der Waals surface area contributed by atoms with Gasteiger partial charge in [0, 0.05) is 5.56 Å². The zero-order chi connectivity index (χ0) is 21.9. The van der Waals surface area contributed by atoms with E-state index in [1.54, 1.807) is 6.92 Å². The zero-order valence-corrected chi connectivity index (χ0v) is 16.9. The van der Waals surface area contributed by atoms with Crippen molar-refractivity contribution >= 4 is 5.57 Å². The number of hydrogen-bond acceptors (Lipinski definition) is 4. The first-order valence-corrected chi connectivity index (χ1v) is 9.33. The van der Waals surface area contributed by atoms with Crippen molar-refractivity contribution in [3.05, 3.63) is 76.7 Å². The molecule has 2 aromatic carbocycles. The molecule has 3 aromatic rings. The van der Waals surface area contributed by atoms with Gasteiger partial charge in [-0.05, 0) is 73.9 Å². The van der Waals surface area contributed by atoms with Crippen molar-refractivity contribution in [1.82, 2.24) is 4.98 Å². The number of allylic oxidation sites excluding steroid dienone is 1. The molecule has 0 radical (unpaired) electrons. The van der Waals surface area contributed by atoms with Crippen molar-refractivity contribution in [2.24, 2.45) is 0 Å². The summed E-state index contributed by atoms with van der Waals surface area (Å²) in [6, 6.07) is 12.2. The van der Waals surface area contributed by atoms with Crippen LogP contribution in [-0.4, -0.2) is 16.7 Å². The van der Waals surface area contributed by atoms with Crippen LogP contribution < -0.4 is 4.74 Å². The molecule has 0 aliphatic rings. The monoisotopic (exact) mass is 417 g/mol. The van der Waals surface area contributed by atoms with E-state index in [1.165, 1.54) is 12.1 Å². The summed E-state index contributed by atoms with van der Waals surface area (Å²) < 4.78 is 49.6. The van der Waals surface area contributed by atoms with Crippen molar-refractivity contribution in [3.8, 4) is 17.2 Å². The second-order valence-corrected chi connectivity index (χ2v) is 6.98. The first-order valence-electron chi connectivity index (χ1n) is 9.33. The Balaban J connectivity index is 1.74. The van der Waals surface area contributed by atoms with Gasteiger partial charge in [-0.3, -0.25) is 0 Å². The van der Waals surface area contributed by atoms with E-state index < -0.39 is 11.7 Å². The largest absolute Gasteiger partial charge is 0.487 e. The summed E-state index contributed by atoms with van der Waals surface area (Å²) in [7, 11) is 0. The number of aromatic nitrogens is 1. The Morgan fingerprint density at radius 1 is 1.10 bits per heavy atom. The van der Waals surface area contributed by atoms with Gasteiger partial charge in [0.05, 0.1) is 12.2 Å². The van der Waals surface area contributed by atoms with E-state index >= 15 is 0 Å². The number of hydrogen-bond donors (Lipinski definition) is 1. The summed E-state index contributed by atoms with van der Waals surface area (Å²) >= 11 is 0. The van der Waals surface area contributed by atoms with Crippen LogP contribution in [0, 0.1) is 6.92 Å². The van der Waals surface area contributed by atoms with Gasteiger partial charge in [0.15, 0.2) is 0 Å². The normalized spacial score (nSPS) is 12.6. The topological polar surface area (TPSA) is 55.5 Å². The lowest BCUT2D eigenvalue weighted by Gasteiger charge is -2.09. The Hall–Kier alpha value is -3.06. The fourth-order valence-corrected chi connectivity index (χ4v) is 2.82. The third kappa shape index (κ3) is 4.91. The Kier molecular flexibility index (Phi) is 6.31. The van der Waals surface area contributed by atoms with Gasteiger partial charge in [-0.15, -0.1) is 0 Å². The molecule has 0 spiro atoms. The second-order valence-electron chi connectivity index (χ2n) is 6.98. The molecule has 1 N–H and O–H groups in total. The van der Waals surface area contributed by atoms with Crippen LogP contribution in [0.25, 0.3) is 17.0 Å². The highest BCUT2D eigenvalue weighted by molar-refractivity contribution is 5.67. The molecule has 1 heterocycles. The first-order chi connectivity index (χ1) is 14.2. The summed E-state index contributed by atoms with van der Waals surface area (Å²) in [6.07, 6.45) is -4.39. The van der Waals surface area contributed by atoms with Crippen LogP contribution >= 0.6 is 0 Å². The number of benzene rings is 2. The van der Waals surface area contributed by atoms with Gasteiger partial charge >= 0.3 is 6.18 Å². The lowest BCUT2D eigenvalue weighted by molar-refractivity contribution is -0.137. The van der Waals surface area contributed by atoms with E-state index in [4.69, 9.17) is 9.15 Å². The van der Waals surface area contributed by atoms with Crippen molar-refractivity contribution in [2.75, 3.05) is 6.61 Å². The molecule has 0 aliphatic carbocycles. The molecule has 3 rings (SSSR count). The average molecular weight is 417 g/mol. The van der Waals surface area contributed by atoms with E-state index in [0.29, 0.717) is 22.8 Å². The number of alkyl halides is 3. The first kappa shape index (κ1) is 21.6. The van der Waals surface area contributed by atoms with Crippen LogP contribution in [0.1, 0.15) is 36.4 Å². The average Bonchev–Trinajstić information content (AvgIpc) is 3.11.